The van der Waals surface area contributed by atoms with Crippen molar-refractivity contribution in [1.29, 1.82) is 0 Å². The molecule has 0 saturated carbocycles. The van der Waals surface area contributed by atoms with Gasteiger partial charge in [0.15, 0.2) is 11.3 Å². The van der Waals surface area contributed by atoms with E-state index in [1.807, 2.05) is 30.3 Å². The third kappa shape index (κ3) is 1.50. The van der Waals surface area contributed by atoms with Crippen LogP contribution in [0.4, 0.5) is 0 Å². The third-order valence-corrected chi connectivity index (χ3v) is 2.85. The average molecular weight is 242 g/mol. The SMILES string of the molecule is Cc1cc(-c2ccccc2)c(O)c2oc(=O)oc12. The number of fused-ring (bicyclic) bond motifs is 1. The van der Waals surface area contributed by atoms with Crippen molar-refractivity contribution in [3.63, 3.8) is 0 Å². The van der Waals surface area contributed by atoms with Crippen molar-refractivity contribution in [3.05, 3.63) is 52.6 Å². The number of phenols is 1. The van der Waals surface area contributed by atoms with Gasteiger partial charge in [-0.1, -0.05) is 30.3 Å². The van der Waals surface area contributed by atoms with Gasteiger partial charge in [-0.3, -0.25) is 0 Å². The molecule has 0 bridgehead atoms. The lowest BCUT2D eigenvalue weighted by molar-refractivity contribution is 0.400. The monoisotopic (exact) mass is 242 g/mol. The van der Waals surface area contributed by atoms with Crippen LogP contribution in [0.15, 0.2) is 50.0 Å². The van der Waals surface area contributed by atoms with Crippen LogP contribution in [0, 0.1) is 6.92 Å². The van der Waals surface area contributed by atoms with Gasteiger partial charge in [-0.2, -0.15) is 0 Å². The first-order valence-electron chi connectivity index (χ1n) is 5.48. The molecule has 18 heavy (non-hydrogen) atoms. The average Bonchev–Trinajstić information content (AvgIpc) is 2.78. The fourth-order valence-corrected chi connectivity index (χ4v) is 2.01. The molecule has 0 atom stereocenters. The van der Waals surface area contributed by atoms with Gasteiger partial charge >= 0.3 is 5.82 Å². The highest BCUT2D eigenvalue weighted by Crippen LogP contribution is 2.37. The van der Waals surface area contributed by atoms with Gasteiger partial charge in [-0.15, -0.1) is 0 Å². The van der Waals surface area contributed by atoms with E-state index in [2.05, 4.69) is 0 Å². The molecule has 4 nitrogen and oxygen atoms in total. The predicted octanol–water partition coefficient (Wildman–Crippen LogP) is 3.07. The highest BCUT2D eigenvalue weighted by atomic mass is 16.6. The number of rotatable bonds is 1. The first kappa shape index (κ1) is 10.7. The summed E-state index contributed by atoms with van der Waals surface area (Å²) in [5, 5.41) is 10.1. The van der Waals surface area contributed by atoms with Crippen LogP contribution in [0.5, 0.6) is 5.75 Å². The topological polar surface area (TPSA) is 63.6 Å². The van der Waals surface area contributed by atoms with Crippen LogP contribution in [0.3, 0.4) is 0 Å². The second-order valence-electron chi connectivity index (χ2n) is 4.07. The van der Waals surface area contributed by atoms with Crippen molar-refractivity contribution in [2.24, 2.45) is 0 Å². The summed E-state index contributed by atoms with van der Waals surface area (Å²) in [5.74, 6) is -0.888. The largest absolute Gasteiger partial charge is 0.519 e. The molecule has 0 amide bonds. The van der Waals surface area contributed by atoms with Crippen molar-refractivity contribution >= 4 is 11.2 Å². The number of aryl methyl sites for hydroxylation is 1. The number of phenolic OH excluding ortho intramolecular Hbond substituents is 1. The summed E-state index contributed by atoms with van der Waals surface area (Å²) < 4.78 is 9.76. The van der Waals surface area contributed by atoms with Gasteiger partial charge in [-0.25, -0.2) is 4.79 Å². The van der Waals surface area contributed by atoms with Gasteiger partial charge in [-0.05, 0) is 24.1 Å². The summed E-state index contributed by atoms with van der Waals surface area (Å²) in [4.78, 5) is 11.1. The first-order chi connectivity index (χ1) is 8.66. The first-order valence-corrected chi connectivity index (χ1v) is 5.48. The summed E-state index contributed by atoms with van der Waals surface area (Å²) in [5.41, 5.74) is 2.59. The molecular weight excluding hydrogens is 232 g/mol. The number of hydrogen-bond donors (Lipinski definition) is 1. The molecule has 0 aliphatic rings. The predicted molar refractivity (Wildman–Crippen MR) is 66.6 cm³/mol. The lowest BCUT2D eigenvalue weighted by atomic mass is 10.0. The van der Waals surface area contributed by atoms with Gasteiger partial charge in [0.1, 0.15) is 0 Å². The zero-order valence-corrected chi connectivity index (χ0v) is 9.64. The molecule has 0 radical (unpaired) electrons. The molecule has 4 heteroatoms. The molecule has 3 rings (SSSR count). The fourth-order valence-electron chi connectivity index (χ4n) is 2.01. The Morgan fingerprint density at radius 2 is 1.72 bits per heavy atom. The zero-order valence-electron chi connectivity index (χ0n) is 9.64. The van der Waals surface area contributed by atoms with Gasteiger partial charge in [0.25, 0.3) is 0 Å². The number of aromatic hydroxyl groups is 1. The highest BCUT2D eigenvalue weighted by molar-refractivity contribution is 5.89. The second kappa shape index (κ2) is 3.77. The van der Waals surface area contributed by atoms with E-state index in [0.29, 0.717) is 5.56 Å². The van der Waals surface area contributed by atoms with Crippen LogP contribution in [-0.4, -0.2) is 5.11 Å². The number of hydrogen-bond acceptors (Lipinski definition) is 4. The smallest absolute Gasteiger partial charge is 0.504 e. The fraction of sp³-hybridized carbons (Fsp3) is 0.0714. The van der Waals surface area contributed by atoms with E-state index in [-0.39, 0.29) is 16.9 Å². The molecule has 2 aromatic carbocycles. The van der Waals surface area contributed by atoms with E-state index in [0.717, 1.165) is 11.1 Å². The molecule has 1 heterocycles. The molecule has 1 N–H and O–H groups in total. The van der Waals surface area contributed by atoms with Crippen LogP contribution < -0.4 is 5.82 Å². The Labute approximate surface area is 102 Å². The van der Waals surface area contributed by atoms with E-state index in [1.165, 1.54) is 0 Å². The molecule has 0 saturated heterocycles. The Bertz CT molecular complexity index is 766. The molecule has 0 aliphatic heterocycles. The van der Waals surface area contributed by atoms with Crippen LogP contribution >= 0.6 is 0 Å². The quantitative estimate of drug-likeness (QED) is 0.712. The summed E-state index contributed by atoms with van der Waals surface area (Å²) in [7, 11) is 0. The van der Waals surface area contributed by atoms with Crippen molar-refractivity contribution in [3.8, 4) is 16.9 Å². The van der Waals surface area contributed by atoms with E-state index < -0.39 is 5.82 Å². The Hall–Kier alpha value is -2.49. The molecule has 90 valence electrons. The van der Waals surface area contributed by atoms with E-state index >= 15 is 0 Å². The maximum Gasteiger partial charge on any atom is 0.519 e. The highest BCUT2D eigenvalue weighted by Gasteiger charge is 2.17. The summed E-state index contributed by atoms with van der Waals surface area (Å²) in [6.45, 7) is 1.80. The van der Waals surface area contributed by atoms with Crippen LogP contribution in [0.2, 0.25) is 0 Å². The van der Waals surface area contributed by atoms with Gasteiger partial charge in [0, 0.05) is 5.56 Å². The maximum absolute atomic E-state index is 11.1. The van der Waals surface area contributed by atoms with Crippen molar-refractivity contribution < 1.29 is 13.9 Å². The normalized spacial score (nSPS) is 10.9. The molecule has 0 fully saturated rings. The lowest BCUT2D eigenvalue weighted by Gasteiger charge is -2.05. The second-order valence-corrected chi connectivity index (χ2v) is 4.07. The minimum atomic E-state index is -0.811. The summed E-state index contributed by atoms with van der Waals surface area (Å²) in [6, 6.07) is 11.2. The van der Waals surface area contributed by atoms with Crippen LogP contribution in [-0.2, 0) is 0 Å². The minimum Gasteiger partial charge on any atom is -0.504 e. The van der Waals surface area contributed by atoms with Crippen LogP contribution in [0.25, 0.3) is 22.3 Å². The Morgan fingerprint density at radius 3 is 2.44 bits per heavy atom. The van der Waals surface area contributed by atoms with E-state index in [9.17, 15) is 9.90 Å². The van der Waals surface area contributed by atoms with Gasteiger partial charge in [0.2, 0.25) is 5.58 Å². The standard InChI is InChI=1S/C14H10O4/c1-8-7-10(9-5-3-2-4-6-9)11(15)13-12(8)17-14(16)18-13/h2-7,15H,1H3. The van der Waals surface area contributed by atoms with Crippen LogP contribution in [0.1, 0.15) is 5.56 Å². The van der Waals surface area contributed by atoms with Crippen molar-refractivity contribution in [2.75, 3.05) is 0 Å². The molecule has 3 aromatic rings. The molecule has 0 spiro atoms. The Balaban J connectivity index is 2.38. The molecule has 0 aliphatic carbocycles. The molecule has 0 unspecified atom stereocenters. The number of benzene rings is 2. The van der Waals surface area contributed by atoms with Crippen molar-refractivity contribution in [2.45, 2.75) is 6.92 Å². The van der Waals surface area contributed by atoms with Crippen molar-refractivity contribution in [1.82, 2.24) is 0 Å². The Kier molecular flexibility index (Phi) is 2.23. The molecule has 1 aromatic heterocycles. The summed E-state index contributed by atoms with van der Waals surface area (Å²) in [6.07, 6.45) is 0. The Morgan fingerprint density at radius 1 is 1.06 bits per heavy atom. The molecular formula is C14H10O4. The van der Waals surface area contributed by atoms with Gasteiger partial charge < -0.3 is 13.9 Å². The van der Waals surface area contributed by atoms with Gasteiger partial charge in [0.05, 0.1) is 0 Å². The van der Waals surface area contributed by atoms with E-state index in [4.69, 9.17) is 8.83 Å². The minimum absolute atomic E-state index is 0.0762. The third-order valence-electron chi connectivity index (χ3n) is 2.85. The summed E-state index contributed by atoms with van der Waals surface area (Å²) >= 11 is 0. The zero-order chi connectivity index (χ0) is 12.7. The van der Waals surface area contributed by atoms with E-state index in [1.54, 1.807) is 13.0 Å². The maximum atomic E-state index is 11.1. The lowest BCUT2D eigenvalue weighted by Crippen LogP contribution is -1.84.